The Morgan fingerprint density at radius 1 is 0.733 bits per heavy atom. The number of hydrogen-bond acceptors (Lipinski definition) is 2. The number of aryl methyl sites for hydroxylation is 1. The number of imidazole rings is 1. The van der Waals surface area contributed by atoms with Crippen molar-refractivity contribution in [2.75, 3.05) is 0 Å². The fourth-order valence-corrected chi connectivity index (χ4v) is 4.39. The van der Waals surface area contributed by atoms with E-state index in [1.54, 1.807) is 0 Å². The molecule has 3 heteroatoms. The first-order valence-corrected chi connectivity index (χ1v) is 10.3. The molecule has 0 unspecified atom stereocenters. The molecule has 3 nitrogen and oxygen atoms in total. The summed E-state index contributed by atoms with van der Waals surface area (Å²) in [6.07, 6.45) is 0. The topological polar surface area (TPSA) is 31.0 Å². The highest BCUT2D eigenvalue weighted by molar-refractivity contribution is 6.09. The summed E-state index contributed by atoms with van der Waals surface area (Å²) in [4.78, 5) is 4.88. The van der Waals surface area contributed by atoms with E-state index in [2.05, 4.69) is 84.3 Å². The molecule has 0 saturated heterocycles. The predicted octanol–water partition coefficient (Wildman–Crippen LogP) is 7.29. The number of benzene rings is 4. The number of nitrogens with zero attached hydrogens (tertiary/aromatic N) is 2. The molecule has 0 bridgehead atoms. The molecule has 0 aliphatic carbocycles. The number of aromatic nitrogens is 2. The normalized spacial score (nSPS) is 11.6. The minimum absolute atomic E-state index is 0.885. The van der Waals surface area contributed by atoms with Crippen molar-refractivity contribution in [3.63, 3.8) is 0 Å². The SMILES string of the molecule is CCn1c(-c2ccc(-c3cccc4c3oc3ccccc34)cc2)nc2ccccc21. The fourth-order valence-electron chi connectivity index (χ4n) is 4.39. The lowest BCUT2D eigenvalue weighted by molar-refractivity contribution is 0.670. The van der Waals surface area contributed by atoms with Gasteiger partial charge in [-0.3, -0.25) is 0 Å². The molecule has 6 aromatic rings. The van der Waals surface area contributed by atoms with Gasteiger partial charge in [0.25, 0.3) is 0 Å². The predicted molar refractivity (Wildman–Crippen MR) is 124 cm³/mol. The average Bonchev–Trinajstić information content (AvgIpc) is 3.37. The molecule has 30 heavy (non-hydrogen) atoms. The molecule has 4 aromatic carbocycles. The Morgan fingerprint density at radius 3 is 2.33 bits per heavy atom. The Kier molecular flexibility index (Phi) is 3.75. The number of para-hydroxylation sites is 4. The molecule has 0 saturated carbocycles. The van der Waals surface area contributed by atoms with Gasteiger partial charge in [0, 0.05) is 28.4 Å². The number of rotatable bonds is 3. The highest BCUT2D eigenvalue weighted by Gasteiger charge is 2.14. The molecule has 0 N–H and O–H groups in total. The summed E-state index contributed by atoms with van der Waals surface area (Å²) in [6.45, 7) is 3.05. The van der Waals surface area contributed by atoms with Gasteiger partial charge in [-0.2, -0.15) is 0 Å². The van der Waals surface area contributed by atoms with Crippen molar-refractivity contribution < 1.29 is 4.42 Å². The zero-order valence-electron chi connectivity index (χ0n) is 16.7. The molecule has 0 fully saturated rings. The Bertz CT molecular complexity index is 1520. The van der Waals surface area contributed by atoms with Crippen LogP contribution in [0.3, 0.4) is 0 Å². The lowest BCUT2D eigenvalue weighted by Crippen LogP contribution is -1.97. The van der Waals surface area contributed by atoms with Crippen LogP contribution in [0.4, 0.5) is 0 Å². The quantitative estimate of drug-likeness (QED) is 0.319. The molecule has 0 spiro atoms. The third kappa shape index (κ3) is 2.49. The van der Waals surface area contributed by atoms with E-state index in [1.165, 1.54) is 5.52 Å². The molecular weight excluding hydrogens is 368 g/mol. The molecule has 0 aliphatic rings. The van der Waals surface area contributed by atoms with Crippen LogP contribution < -0.4 is 0 Å². The summed E-state index contributed by atoms with van der Waals surface area (Å²) in [5.74, 6) is 1.01. The van der Waals surface area contributed by atoms with Crippen molar-refractivity contribution in [2.24, 2.45) is 0 Å². The number of furan rings is 1. The van der Waals surface area contributed by atoms with E-state index in [-0.39, 0.29) is 0 Å². The van der Waals surface area contributed by atoms with Crippen molar-refractivity contribution >= 4 is 33.0 Å². The second kappa shape index (κ2) is 6.60. The largest absolute Gasteiger partial charge is 0.455 e. The molecule has 2 heterocycles. The summed E-state index contributed by atoms with van der Waals surface area (Å²) >= 11 is 0. The Balaban J connectivity index is 1.48. The lowest BCUT2D eigenvalue weighted by atomic mass is 10.0. The summed E-state index contributed by atoms with van der Waals surface area (Å²) < 4.78 is 8.48. The van der Waals surface area contributed by atoms with Crippen molar-refractivity contribution in [2.45, 2.75) is 13.5 Å². The molecule has 0 aliphatic heterocycles. The van der Waals surface area contributed by atoms with Gasteiger partial charge in [0.15, 0.2) is 0 Å². The zero-order valence-corrected chi connectivity index (χ0v) is 16.7. The first kappa shape index (κ1) is 17.0. The van der Waals surface area contributed by atoms with Crippen molar-refractivity contribution in [3.8, 4) is 22.5 Å². The second-order valence-electron chi connectivity index (χ2n) is 7.53. The molecule has 2 aromatic heterocycles. The van der Waals surface area contributed by atoms with Gasteiger partial charge in [0.1, 0.15) is 17.0 Å². The summed E-state index contributed by atoms with van der Waals surface area (Å²) in [6, 6.07) is 31.5. The molecule has 0 atom stereocenters. The zero-order chi connectivity index (χ0) is 20.1. The monoisotopic (exact) mass is 388 g/mol. The maximum atomic E-state index is 6.21. The van der Waals surface area contributed by atoms with E-state index in [0.717, 1.165) is 56.5 Å². The van der Waals surface area contributed by atoms with Crippen LogP contribution in [-0.2, 0) is 6.54 Å². The number of hydrogen-bond donors (Lipinski definition) is 0. The van der Waals surface area contributed by atoms with Gasteiger partial charge in [-0.25, -0.2) is 4.98 Å². The average molecular weight is 388 g/mol. The minimum atomic E-state index is 0.885. The van der Waals surface area contributed by atoms with E-state index in [0.29, 0.717) is 0 Å². The van der Waals surface area contributed by atoms with E-state index < -0.39 is 0 Å². The second-order valence-corrected chi connectivity index (χ2v) is 7.53. The van der Waals surface area contributed by atoms with Gasteiger partial charge in [-0.05, 0) is 30.7 Å². The molecule has 144 valence electrons. The lowest BCUT2D eigenvalue weighted by Gasteiger charge is -2.08. The Hall–Kier alpha value is -3.85. The van der Waals surface area contributed by atoms with Gasteiger partial charge in [-0.1, -0.05) is 72.8 Å². The van der Waals surface area contributed by atoms with E-state index in [4.69, 9.17) is 9.40 Å². The third-order valence-corrected chi connectivity index (χ3v) is 5.83. The summed E-state index contributed by atoms with van der Waals surface area (Å²) in [5, 5.41) is 2.31. The Labute approximate surface area is 174 Å². The minimum Gasteiger partial charge on any atom is -0.455 e. The van der Waals surface area contributed by atoms with Crippen LogP contribution in [0, 0.1) is 0 Å². The molecule has 6 rings (SSSR count). The van der Waals surface area contributed by atoms with Gasteiger partial charge in [0.05, 0.1) is 11.0 Å². The Morgan fingerprint density at radius 2 is 1.47 bits per heavy atom. The van der Waals surface area contributed by atoms with Gasteiger partial charge in [-0.15, -0.1) is 0 Å². The van der Waals surface area contributed by atoms with Crippen LogP contribution in [0.25, 0.3) is 55.5 Å². The van der Waals surface area contributed by atoms with Crippen LogP contribution >= 0.6 is 0 Å². The van der Waals surface area contributed by atoms with Gasteiger partial charge in [0.2, 0.25) is 0 Å². The molecule has 0 amide bonds. The fraction of sp³-hybridized carbons (Fsp3) is 0.0741. The maximum Gasteiger partial charge on any atom is 0.143 e. The molecular formula is C27H20N2O. The summed E-state index contributed by atoms with van der Waals surface area (Å²) in [5.41, 5.74) is 7.44. The van der Waals surface area contributed by atoms with Crippen molar-refractivity contribution in [1.82, 2.24) is 9.55 Å². The van der Waals surface area contributed by atoms with Crippen LogP contribution in [-0.4, -0.2) is 9.55 Å². The van der Waals surface area contributed by atoms with E-state index >= 15 is 0 Å². The van der Waals surface area contributed by atoms with Gasteiger partial charge < -0.3 is 8.98 Å². The standard InChI is InChI=1S/C27H20N2O/c1-2-29-24-12-5-4-11-23(24)28-27(29)19-16-14-18(15-17-19)20-9-7-10-22-21-8-3-6-13-25(21)30-26(20)22/h3-17H,2H2,1H3. The van der Waals surface area contributed by atoms with Crippen LogP contribution in [0.1, 0.15) is 6.92 Å². The van der Waals surface area contributed by atoms with Crippen molar-refractivity contribution in [3.05, 3.63) is 91.0 Å². The van der Waals surface area contributed by atoms with Gasteiger partial charge >= 0.3 is 0 Å². The van der Waals surface area contributed by atoms with Crippen LogP contribution in [0.5, 0.6) is 0 Å². The third-order valence-electron chi connectivity index (χ3n) is 5.83. The molecule has 0 radical (unpaired) electrons. The van der Waals surface area contributed by atoms with E-state index in [1.807, 2.05) is 18.2 Å². The number of fused-ring (bicyclic) bond motifs is 4. The maximum absolute atomic E-state index is 6.21. The van der Waals surface area contributed by atoms with Crippen LogP contribution in [0.2, 0.25) is 0 Å². The smallest absolute Gasteiger partial charge is 0.143 e. The first-order valence-electron chi connectivity index (χ1n) is 10.3. The van der Waals surface area contributed by atoms with Crippen LogP contribution in [0.15, 0.2) is 95.4 Å². The van der Waals surface area contributed by atoms with Crippen molar-refractivity contribution in [1.29, 1.82) is 0 Å². The highest BCUT2D eigenvalue weighted by Crippen LogP contribution is 2.36. The summed E-state index contributed by atoms with van der Waals surface area (Å²) in [7, 11) is 0. The first-order chi connectivity index (χ1) is 14.8. The van der Waals surface area contributed by atoms with E-state index in [9.17, 15) is 0 Å². The highest BCUT2D eigenvalue weighted by atomic mass is 16.3.